The summed E-state index contributed by atoms with van der Waals surface area (Å²) in [7, 11) is 1.32. The molecular formula is C44H51N7O5. The number of carbonyl (C=O) groups is 3. The first-order valence-corrected chi connectivity index (χ1v) is 20.3. The molecule has 2 aromatic heterocycles. The van der Waals surface area contributed by atoms with Crippen molar-refractivity contribution in [1.82, 2.24) is 35.1 Å². The van der Waals surface area contributed by atoms with Crippen molar-refractivity contribution in [2.24, 2.45) is 22.7 Å². The number of hydrogen-bond acceptors (Lipinski definition) is 7. The minimum atomic E-state index is -0.672. The highest BCUT2D eigenvalue weighted by Gasteiger charge is 2.56. The average molecular weight is 758 g/mol. The van der Waals surface area contributed by atoms with Crippen molar-refractivity contribution in [3.05, 3.63) is 71.4 Å². The van der Waals surface area contributed by atoms with Crippen molar-refractivity contribution in [2.45, 2.75) is 89.8 Å². The maximum Gasteiger partial charge on any atom is 0.407 e. The summed E-state index contributed by atoms with van der Waals surface area (Å²) in [4.78, 5) is 60.6. The molecule has 3 saturated heterocycles. The van der Waals surface area contributed by atoms with Crippen molar-refractivity contribution >= 4 is 28.9 Å². The third-order valence-corrected chi connectivity index (χ3v) is 12.9. The number of nitrogens with one attached hydrogen (secondary N) is 3. The predicted molar refractivity (Wildman–Crippen MR) is 210 cm³/mol. The van der Waals surface area contributed by atoms with Gasteiger partial charge >= 0.3 is 6.09 Å². The van der Waals surface area contributed by atoms with Gasteiger partial charge in [0.2, 0.25) is 11.8 Å². The average Bonchev–Trinajstić information content (AvgIpc) is 3.82. The van der Waals surface area contributed by atoms with Crippen LogP contribution in [0.4, 0.5) is 4.79 Å². The smallest absolute Gasteiger partial charge is 0.407 e. The van der Waals surface area contributed by atoms with Crippen molar-refractivity contribution < 1.29 is 23.9 Å². The summed E-state index contributed by atoms with van der Waals surface area (Å²) in [6, 6.07) is 13.3. The molecule has 2 aromatic carbocycles. The van der Waals surface area contributed by atoms with Gasteiger partial charge in [0.25, 0.3) is 0 Å². The van der Waals surface area contributed by atoms with E-state index in [-0.39, 0.29) is 40.6 Å². The molecule has 0 unspecified atom stereocenters. The largest absolute Gasteiger partial charge is 0.453 e. The molecule has 56 heavy (non-hydrogen) atoms. The molecule has 3 amide bonds. The summed E-state index contributed by atoms with van der Waals surface area (Å²) < 4.78 is 10.5. The lowest BCUT2D eigenvalue weighted by Crippen LogP contribution is -2.53. The van der Waals surface area contributed by atoms with Gasteiger partial charge < -0.3 is 34.6 Å². The monoisotopic (exact) mass is 757 g/mol. The standard InChI is InChI=1S/C44H51N7O5/c1-27(2)20-37(52)50-25-43(14-15-43)23-36(50)40-46-32-11-8-29(21-33(32)47-40)5-4-28-6-9-30(10-7-28)34-24-45-39(48-34)35-22-44(16-17-44)26-51(35)41(53)38(49-42(54)55-3)31-12-18-56-19-13-31/h6-11,21,24,27,31,35-36,38H,12-20,22-23,25-26H2,1-3H3,(H,45,48)(H,46,47)(H,49,54)/t35-,36-,38-/m0/s1. The van der Waals surface area contributed by atoms with Gasteiger partial charge in [-0.25, -0.2) is 14.8 Å². The Kier molecular flexibility index (Phi) is 9.39. The molecule has 5 aliphatic rings. The summed E-state index contributed by atoms with van der Waals surface area (Å²) in [6.45, 7) is 6.84. The van der Waals surface area contributed by atoms with Gasteiger partial charge in [0, 0.05) is 43.9 Å². The van der Waals surface area contributed by atoms with Crippen LogP contribution in [0.15, 0.2) is 48.7 Å². The van der Waals surface area contributed by atoms with Gasteiger partial charge in [-0.1, -0.05) is 37.8 Å². The van der Waals surface area contributed by atoms with Crippen LogP contribution in [0, 0.1) is 34.5 Å². The minimum absolute atomic E-state index is 0.00516. The van der Waals surface area contributed by atoms with Crippen LogP contribution in [-0.4, -0.2) is 87.1 Å². The number of likely N-dealkylation sites (tertiary alicyclic amines) is 2. The van der Waals surface area contributed by atoms with Crippen LogP contribution in [0.3, 0.4) is 0 Å². The van der Waals surface area contributed by atoms with Gasteiger partial charge in [-0.3, -0.25) is 9.59 Å². The van der Waals surface area contributed by atoms with E-state index in [2.05, 4.69) is 45.9 Å². The van der Waals surface area contributed by atoms with Crippen molar-refractivity contribution in [1.29, 1.82) is 0 Å². The summed E-state index contributed by atoms with van der Waals surface area (Å²) in [6.07, 6.45) is 9.61. The molecule has 9 rings (SSSR count). The van der Waals surface area contributed by atoms with E-state index in [0.29, 0.717) is 44.9 Å². The third-order valence-electron chi connectivity index (χ3n) is 12.9. The number of aromatic amines is 2. The number of aromatic nitrogens is 4. The number of nitrogens with zero attached hydrogens (tertiary/aromatic N) is 4. The molecular weight excluding hydrogens is 707 g/mol. The lowest BCUT2D eigenvalue weighted by molar-refractivity contribution is -0.137. The van der Waals surface area contributed by atoms with E-state index in [0.717, 1.165) is 77.3 Å². The Morgan fingerprint density at radius 3 is 2.25 bits per heavy atom. The number of imidazole rings is 2. The molecule has 3 N–H and O–H groups in total. The highest BCUT2D eigenvalue weighted by atomic mass is 16.5. The first-order chi connectivity index (χ1) is 27.1. The molecule has 3 aliphatic heterocycles. The molecule has 2 aliphatic carbocycles. The lowest BCUT2D eigenvalue weighted by atomic mass is 9.90. The molecule has 0 bridgehead atoms. The second kappa shape index (κ2) is 14.4. The molecule has 292 valence electrons. The molecule has 12 nitrogen and oxygen atoms in total. The lowest BCUT2D eigenvalue weighted by Gasteiger charge is -2.34. The normalized spacial score (nSPS) is 22.7. The number of ether oxygens (including phenoxy) is 2. The van der Waals surface area contributed by atoms with Gasteiger partial charge in [0.15, 0.2) is 0 Å². The number of carbonyl (C=O) groups excluding carboxylic acids is 3. The molecule has 5 heterocycles. The number of fused-ring (bicyclic) bond motifs is 1. The molecule has 3 atom stereocenters. The van der Waals surface area contributed by atoms with E-state index in [1.807, 2.05) is 53.6 Å². The zero-order chi connectivity index (χ0) is 38.6. The Balaban J connectivity index is 0.888. The zero-order valence-electron chi connectivity index (χ0n) is 32.5. The minimum Gasteiger partial charge on any atom is -0.453 e. The quantitative estimate of drug-likeness (QED) is 0.171. The second-order valence-electron chi connectivity index (χ2n) is 17.5. The van der Waals surface area contributed by atoms with Gasteiger partial charge in [-0.05, 0) is 110 Å². The number of alkyl carbamates (subject to hydrolysis) is 1. The highest BCUT2D eigenvalue weighted by Crippen LogP contribution is 2.59. The summed E-state index contributed by atoms with van der Waals surface area (Å²) in [5.41, 5.74) is 5.84. The van der Waals surface area contributed by atoms with E-state index in [1.165, 1.54) is 20.0 Å². The molecule has 0 radical (unpaired) electrons. The molecule has 2 spiro atoms. The van der Waals surface area contributed by atoms with E-state index in [4.69, 9.17) is 19.4 Å². The van der Waals surface area contributed by atoms with Crippen LogP contribution in [0.25, 0.3) is 22.3 Å². The van der Waals surface area contributed by atoms with Gasteiger partial charge in [0.05, 0.1) is 42.1 Å². The second-order valence-corrected chi connectivity index (χ2v) is 17.5. The summed E-state index contributed by atoms with van der Waals surface area (Å²) in [5.74, 6) is 8.72. The Hall–Kier alpha value is -5.15. The first kappa shape index (κ1) is 36.5. The number of hydrogen-bond donors (Lipinski definition) is 3. The molecule has 2 saturated carbocycles. The summed E-state index contributed by atoms with van der Waals surface area (Å²) in [5, 5.41) is 2.86. The fourth-order valence-electron chi connectivity index (χ4n) is 9.23. The van der Waals surface area contributed by atoms with E-state index in [1.54, 1.807) is 0 Å². The zero-order valence-corrected chi connectivity index (χ0v) is 32.5. The van der Waals surface area contributed by atoms with Crippen LogP contribution >= 0.6 is 0 Å². The first-order valence-electron chi connectivity index (χ1n) is 20.3. The van der Waals surface area contributed by atoms with Crippen molar-refractivity contribution in [3.8, 4) is 23.1 Å². The maximum absolute atomic E-state index is 14.2. The SMILES string of the molecule is COC(=O)N[C@H](C(=O)N1CC2(CC2)C[C@H]1c1ncc(-c2ccc(C#Cc3ccc4nc([C@@H]5CC6(CC6)CN5C(=O)CC(C)C)[nH]c4c3)cc2)[nH]1)C1CCOCC1. The fourth-order valence-corrected chi connectivity index (χ4v) is 9.23. The van der Waals surface area contributed by atoms with Crippen LogP contribution in [-0.2, 0) is 19.1 Å². The van der Waals surface area contributed by atoms with E-state index in [9.17, 15) is 14.4 Å². The van der Waals surface area contributed by atoms with Crippen LogP contribution in [0.1, 0.15) is 106 Å². The molecule has 4 aromatic rings. The van der Waals surface area contributed by atoms with Gasteiger partial charge in [-0.2, -0.15) is 0 Å². The Morgan fingerprint density at radius 2 is 1.57 bits per heavy atom. The van der Waals surface area contributed by atoms with Crippen LogP contribution < -0.4 is 5.32 Å². The van der Waals surface area contributed by atoms with Gasteiger partial charge in [-0.15, -0.1) is 0 Å². The fraction of sp³-hybridized carbons (Fsp3) is 0.523. The molecule has 12 heteroatoms. The predicted octanol–water partition coefficient (Wildman–Crippen LogP) is 6.66. The van der Waals surface area contributed by atoms with E-state index >= 15 is 0 Å². The Morgan fingerprint density at radius 1 is 0.911 bits per heavy atom. The van der Waals surface area contributed by atoms with Crippen molar-refractivity contribution in [3.63, 3.8) is 0 Å². The van der Waals surface area contributed by atoms with E-state index < -0.39 is 12.1 Å². The van der Waals surface area contributed by atoms with Crippen LogP contribution in [0.5, 0.6) is 0 Å². The van der Waals surface area contributed by atoms with Crippen molar-refractivity contribution in [2.75, 3.05) is 33.4 Å². The summed E-state index contributed by atoms with van der Waals surface area (Å²) >= 11 is 0. The topological polar surface area (TPSA) is 146 Å². The Bertz CT molecular complexity index is 2200. The number of methoxy groups -OCH3 is 1. The number of H-pyrrole nitrogens is 2. The number of benzene rings is 2. The third kappa shape index (κ3) is 7.29. The maximum atomic E-state index is 14.2. The molecule has 5 fully saturated rings. The van der Waals surface area contributed by atoms with Crippen LogP contribution in [0.2, 0.25) is 0 Å². The van der Waals surface area contributed by atoms with Gasteiger partial charge in [0.1, 0.15) is 17.7 Å². The number of rotatable bonds is 8. The highest BCUT2D eigenvalue weighted by molar-refractivity contribution is 5.87. The number of amides is 3. The Labute approximate surface area is 327 Å².